The summed E-state index contributed by atoms with van der Waals surface area (Å²) >= 11 is 0. The summed E-state index contributed by atoms with van der Waals surface area (Å²) in [5, 5.41) is 0. The summed E-state index contributed by atoms with van der Waals surface area (Å²) in [6, 6.07) is 14.9. The van der Waals surface area contributed by atoms with E-state index in [2.05, 4.69) is 10.9 Å². The fourth-order valence-corrected chi connectivity index (χ4v) is 2.08. The fourth-order valence-electron chi connectivity index (χ4n) is 2.08. The third kappa shape index (κ3) is 6.18. The van der Waals surface area contributed by atoms with Crippen molar-refractivity contribution in [2.45, 2.75) is 20.3 Å². The quantitative estimate of drug-likeness (QED) is 0.756. The molecule has 6 nitrogen and oxygen atoms in total. The molecule has 2 amide bonds. The lowest BCUT2D eigenvalue weighted by molar-refractivity contribution is -0.131. The number of nitrogens with one attached hydrogen (secondary N) is 2. The second-order valence-corrected chi connectivity index (χ2v) is 5.44. The van der Waals surface area contributed by atoms with E-state index >= 15 is 0 Å². The molecule has 0 bridgehead atoms. The Balaban J connectivity index is 1.68. The van der Waals surface area contributed by atoms with Gasteiger partial charge in [0.25, 0.3) is 11.8 Å². The molecular weight excluding hydrogens is 320 g/mol. The van der Waals surface area contributed by atoms with Crippen molar-refractivity contribution in [3.63, 3.8) is 0 Å². The number of ether oxygens (including phenoxy) is 2. The molecule has 0 aliphatic rings. The van der Waals surface area contributed by atoms with Gasteiger partial charge in [0.1, 0.15) is 11.5 Å². The summed E-state index contributed by atoms with van der Waals surface area (Å²) < 4.78 is 10.8. The van der Waals surface area contributed by atoms with Crippen molar-refractivity contribution in [2.75, 3.05) is 13.2 Å². The molecule has 2 rings (SSSR count). The van der Waals surface area contributed by atoms with Crippen LogP contribution in [-0.4, -0.2) is 25.0 Å². The highest BCUT2D eigenvalue weighted by Gasteiger charge is 2.07. The second kappa shape index (κ2) is 9.32. The Morgan fingerprint density at radius 2 is 1.60 bits per heavy atom. The van der Waals surface area contributed by atoms with Crippen LogP contribution in [0.3, 0.4) is 0 Å². The van der Waals surface area contributed by atoms with E-state index in [-0.39, 0.29) is 13.2 Å². The molecule has 0 saturated heterocycles. The second-order valence-electron chi connectivity index (χ2n) is 5.44. The molecule has 0 atom stereocenters. The molecule has 0 aliphatic carbocycles. The summed E-state index contributed by atoms with van der Waals surface area (Å²) in [5.74, 6) is 0.336. The van der Waals surface area contributed by atoms with Gasteiger partial charge in [0.2, 0.25) is 0 Å². The zero-order valence-electron chi connectivity index (χ0n) is 14.4. The van der Waals surface area contributed by atoms with Gasteiger partial charge in [-0.3, -0.25) is 20.4 Å². The number of hydrogen-bond donors (Lipinski definition) is 2. The summed E-state index contributed by atoms with van der Waals surface area (Å²) in [7, 11) is 0. The molecule has 0 aromatic heterocycles. The van der Waals surface area contributed by atoms with E-state index in [9.17, 15) is 9.59 Å². The normalized spacial score (nSPS) is 10.0. The molecule has 0 radical (unpaired) electrons. The average Bonchev–Trinajstić information content (AvgIpc) is 2.64. The first-order valence-corrected chi connectivity index (χ1v) is 8.06. The Hall–Kier alpha value is -3.02. The molecule has 0 heterocycles. The predicted molar refractivity (Wildman–Crippen MR) is 94.3 cm³/mol. The number of carbonyl (C=O) groups excluding carboxylic acids is 2. The Kier molecular flexibility index (Phi) is 6.83. The van der Waals surface area contributed by atoms with Crippen LogP contribution < -0.4 is 20.3 Å². The van der Waals surface area contributed by atoms with Crippen LogP contribution in [0.4, 0.5) is 0 Å². The van der Waals surface area contributed by atoms with Gasteiger partial charge < -0.3 is 9.47 Å². The zero-order chi connectivity index (χ0) is 18.1. The highest BCUT2D eigenvalue weighted by molar-refractivity contribution is 5.83. The standard InChI is InChI=1S/C19H22N2O4/c1-3-15-8-6-9-16(11-15)24-12-18(22)20-21-19(23)13-25-17-10-5-4-7-14(17)2/h4-11H,3,12-13H2,1-2H3,(H,20,22)(H,21,23). The minimum Gasteiger partial charge on any atom is -0.484 e. The summed E-state index contributed by atoms with van der Waals surface area (Å²) in [6.45, 7) is 3.55. The summed E-state index contributed by atoms with van der Waals surface area (Å²) in [6.07, 6.45) is 0.889. The van der Waals surface area contributed by atoms with Gasteiger partial charge >= 0.3 is 0 Å². The lowest BCUT2D eigenvalue weighted by Crippen LogP contribution is -2.45. The van der Waals surface area contributed by atoms with Gasteiger partial charge in [-0.25, -0.2) is 0 Å². The highest BCUT2D eigenvalue weighted by atomic mass is 16.5. The van der Waals surface area contributed by atoms with E-state index in [4.69, 9.17) is 9.47 Å². The summed E-state index contributed by atoms with van der Waals surface area (Å²) in [4.78, 5) is 23.4. The smallest absolute Gasteiger partial charge is 0.276 e. The topological polar surface area (TPSA) is 76.7 Å². The molecule has 0 saturated carbocycles. The molecule has 132 valence electrons. The third-order valence-corrected chi connectivity index (χ3v) is 3.47. The van der Waals surface area contributed by atoms with E-state index in [1.807, 2.05) is 50.2 Å². The Bertz CT molecular complexity index is 731. The van der Waals surface area contributed by atoms with Gasteiger partial charge in [-0.15, -0.1) is 0 Å². The van der Waals surface area contributed by atoms with Crippen molar-refractivity contribution in [3.8, 4) is 11.5 Å². The van der Waals surface area contributed by atoms with Crippen molar-refractivity contribution in [3.05, 3.63) is 59.7 Å². The number of para-hydroxylation sites is 1. The first-order valence-electron chi connectivity index (χ1n) is 8.06. The predicted octanol–water partition coefficient (Wildman–Crippen LogP) is 2.16. The van der Waals surface area contributed by atoms with Gasteiger partial charge in [0.15, 0.2) is 13.2 Å². The molecule has 2 N–H and O–H groups in total. The Morgan fingerprint density at radius 1 is 0.920 bits per heavy atom. The monoisotopic (exact) mass is 342 g/mol. The van der Waals surface area contributed by atoms with E-state index in [1.165, 1.54) is 0 Å². The fraction of sp³-hybridized carbons (Fsp3) is 0.263. The maximum atomic E-state index is 11.7. The van der Waals surface area contributed by atoms with Crippen molar-refractivity contribution < 1.29 is 19.1 Å². The molecule has 0 aliphatic heterocycles. The van der Waals surface area contributed by atoms with E-state index in [1.54, 1.807) is 12.1 Å². The maximum absolute atomic E-state index is 11.7. The molecule has 2 aromatic rings. The molecule has 0 spiro atoms. The van der Waals surface area contributed by atoms with Crippen LogP contribution >= 0.6 is 0 Å². The van der Waals surface area contributed by atoms with Gasteiger partial charge in [-0.1, -0.05) is 37.3 Å². The Morgan fingerprint density at radius 3 is 2.28 bits per heavy atom. The summed E-state index contributed by atoms with van der Waals surface area (Å²) in [5.41, 5.74) is 6.63. The molecule has 6 heteroatoms. The number of benzene rings is 2. The number of hydrogen-bond acceptors (Lipinski definition) is 4. The molecule has 25 heavy (non-hydrogen) atoms. The first kappa shape index (κ1) is 18.3. The largest absolute Gasteiger partial charge is 0.484 e. The molecule has 0 fully saturated rings. The minimum absolute atomic E-state index is 0.188. The van der Waals surface area contributed by atoms with Crippen LogP contribution in [0.15, 0.2) is 48.5 Å². The van der Waals surface area contributed by atoms with Crippen molar-refractivity contribution >= 4 is 11.8 Å². The lowest BCUT2D eigenvalue weighted by Gasteiger charge is -2.11. The maximum Gasteiger partial charge on any atom is 0.276 e. The number of rotatable bonds is 7. The van der Waals surface area contributed by atoms with Gasteiger partial charge in [-0.05, 0) is 42.7 Å². The van der Waals surface area contributed by atoms with Crippen LogP contribution in [0.2, 0.25) is 0 Å². The number of aryl methyl sites for hydroxylation is 2. The Labute approximate surface area is 147 Å². The van der Waals surface area contributed by atoms with Crippen LogP contribution in [0.5, 0.6) is 11.5 Å². The van der Waals surface area contributed by atoms with Crippen LogP contribution in [0, 0.1) is 6.92 Å². The molecular formula is C19H22N2O4. The lowest BCUT2D eigenvalue weighted by atomic mass is 10.2. The third-order valence-electron chi connectivity index (χ3n) is 3.47. The van der Waals surface area contributed by atoms with E-state index in [0.717, 1.165) is 17.5 Å². The minimum atomic E-state index is -0.454. The van der Waals surface area contributed by atoms with Crippen molar-refractivity contribution in [1.29, 1.82) is 0 Å². The number of hydrazine groups is 1. The molecule has 2 aromatic carbocycles. The van der Waals surface area contributed by atoms with Crippen molar-refractivity contribution in [2.24, 2.45) is 0 Å². The van der Waals surface area contributed by atoms with E-state index < -0.39 is 11.8 Å². The van der Waals surface area contributed by atoms with Crippen LogP contribution in [-0.2, 0) is 16.0 Å². The zero-order valence-corrected chi connectivity index (χ0v) is 14.4. The van der Waals surface area contributed by atoms with E-state index in [0.29, 0.717) is 11.5 Å². The SMILES string of the molecule is CCc1cccc(OCC(=O)NNC(=O)COc2ccccc2C)c1. The van der Waals surface area contributed by atoms with Gasteiger partial charge in [-0.2, -0.15) is 0 Å². The van der Waals surface area contributed by atoms with Crippen LogP contribution in [0.25, 0.3) is 0 Å². The first-order chi connectivity index (χ1) is 12.1. The average molecular weight is 342 g/mol. The van der Waals surface area contributed by atoms with Gasteiger partial charge in [0.05, 0.1) is 0 Å². The number of carbonyl (C=O) groups is 2. The van der Waals surface area contributed by atoms with Crippen LogP contribution in [0.1, 0.15) is 18.1 Å². The molecule has 0 unspecified atom stereocenters. The number of amides is 2. The van der Waals surface area contributed by atoms with Gasteiger partial charge in [0, 0.05) is 0 Å². The highest BCUT2D eigenvalue weighted by Crippen LogP contribution is 2.15. The van der Waals surface area contributed by atoms with Crippen molar-refractivity contribution in [1.82, 2.24) is 10.9 Å².